The van der Waals surface area contributed by atoms with Crippen molar-refractivity contribution in [3.63, 3.8) is 0 Å². The minimum Gasteiger partial charge on any atom is -0.466 e. The van der Waals surface area contributed by atoms with Crippen molar-refractivity contribution < 1.29 is 24.2 Å². The van der Waals surface area contributed by atoms with Gasteiger partial charge in [-0.15, -0.1) is 6.58 Å². The van der Waals surface area contributed by atoms with Crippen LogP contribution in [0.2, 0.25) is 0 Å². The third kappa shape index (κ3) is 6.56. The predicted octanol–water partition coefficient (Wildman–Crippen LogP) is 1.58. The Morgan fingerprint density at radius 3 is 2.35 bits per heavy atom. The second-order valence-electron chi connectivity index (χ2n) is 5.45. The molecule has 20 heavy (non-hydrogen) atoms. The fourth-order valence-electron chi connectivity index (χ4n) is 1.44. The van der Waals surface area contributed by atoms with Crippen molar-refractivity contribution in [2.75, 3.05) is 20.2 Å². The SMILES string of the molecule is C=CC(O)C(CN(C)C(=O)OC(C)(C)C)C(=O)OCC. The van der Waals surface area contributed by atoms with E-state index in [9.17, 15) is 14.7 Å². The number of aliphatic hydroxyl groups is 1. The summed E-state index contributed by atoms with van der Waals surface area (Å²) in [6.45, 7) is 10.6. The van der Waals surface area contributed by atoms with Crippen LogP contribution < -0.4 is 0 Å². The number of hydrogen-bond acceptors (Lipinski definition) is 5. The smallest absolute Gasteiger partial charge is 0.410 e. The zero-order valence-corrected chi connectivity index (χ0v) is 12.9. The number of hydrogen-bond donors (Lipinski definition) is 1. The third-order valence-electron chi connectivity index (χ3n) is 2.42. The Kier molecular flexibility index (Phi) is 7.28. The van der Waals surface area contributed by atoms with E-state index in [1.165, 1.54) is 18.0 Å². The summed E-state index contributed by atoms with van der Waals surface area (Å²) < 4.78 is 10.1. The highest BCUT2D eigenvalue weighted by atomic mass is 16.6. The van der Waals surface area contributed by atoms with Crippen molar-refractivity contribution in [2.45, 2.75) is 39.4 Å². The first-order valence-electron chi connectivity index (χ1n) is 6.53. The Morgan fingerprint density at radius 2 is 1.95 bits per heavy atom. The molecule has 0 saturated carbocycles. The summed E-state index contributed by atoms with van der Waals surface area (Å²) in [6, 6.07) is 0. The van der Waals surface area contributed by atoms with Gasteiger partial charge in [-0.1, -0.05) is 6.08 Å². The van der Waals surface area contributed by atoms with Gasteiger partial charge in [0.25, 0.3) is 0 Å². The zero-order chi connectivity index (χ0) is 15.9. The summed E-state index contributed by atoms with van der Waals surface area (Å²) >= 11 is 0. The van der Waals surface area contributed by atoms with E-state index in [1.807, 2.05) is 0 Å². The average Bonchev–Trinajstić information content (AvgIpc) is 2.32. The predicted molar refractivity (Wildman–Crippen MR) is 75.2 cm³/mol. The van der Waals surface area contributed by atoms with Gasteiger partial charge in [0.05, 0.1) is 12.7 Å². The van der Waals surface area contributed by atoms with E-state index < -0.39 is 29.7 Å². The second kappa shape index (κ2) is 7.89. The van der Waals surface area contributed by atoms with E-state index in [-0.39, 0.29) is 13.2 Å². The zero-order valence-electron chi connectivity index (χ0n) is 12.9. The number of carbonyl (C=O) groups is 2. The fraction of sp³-hybridized carbons (Fsp3) is 0.714. The summed E-state index contributed by atoms with van der Waals surface area (Å²) in [5, 5.41) is 9.78. The highest BCUT2D eigenvalue weighted by Gasteiger charge is 2.30. The Hall–Kier alpha value is -1.56. The standard InChI is InChI=1S/C14H25NO5/c1-7-11(16)10(12(17)19-8-2)9-15(6)13(18)20-14(3,4)5/h7,10-11,16H,1,8-9H2,2-6H3. The molecule has 0 heterocycles. The maximum absolute atomic E-state index is 11.8. The normalized spacial score (nSPS) is 14.1. The summed E-state index contributed by atoms with van der Waals surface area (Å²) in [5.41, 5.74) is -0.623. The Labute approximate surface area is 120 Å². The molecule has 1 N–H and O–H groups in total. The molecule has 0 aliphatic carbocycles. The van der Waals surface area contributed by atoms with Crippen LogP contribution in [0.3, 0.4) is 0 Å². The van der Waals surface area contributed by atoms with Crippen molar-refractivity contribution in [3.05, 3.63) is 12.7 Å². The summed E-state index contributed by atoms with van der Waals surface area (Å²) in [5.74, 6) is -1.46. The lowest BCUT2D eigenvalue weighted by atomic mass is 10.0. The topological polar surface area (TPSA) is 76.1 Å². The number of nitrogens with zero attached hydrogens (tertiary/aromatic N) is 1. The van der Waals surface area contributed by atoms with Crippen LogP contribution in [0.25, 0.3) is 0 Å². The molecule has 116 valence electrons. The molecule has 0 spiro atoms. The molecule has 0 radical (unpaired) electrons. The van der Waals surface area contributed by atoms with Gasteiger partial charge in [0, 0.05) is 13.6 Å². The summed E-state index contributed by atoms with van der Waals surface area (Å²) in [6.07, 6.45) is -0.410. The second-order valence-corrected chi connectivity index (χ2v) is 5.45. The minimum atomic E-state index is -1.08. The summed E-state index contributed by atoms with van der Waals surface area (Å²) in [4.78, 5) is 24.8. The van der Waals surface area contributed by atoms with Gasteiger partial charge in [-0.3, -0.25) is 4.79 Å². The van der Waals surface area contributed by atoms with Gasteiger partial charge >= 0.3 is 12.1 Å². The molecule has 0 aliphatic heterocycles. The first-order valence-corrected chi connectivity index (χ1v) is 6.53. The Balaban J connectivity index is 4.76. The monoisotopic (exact) mass is 287 g/mol. The summed E-state index contributed by atoms with van der Waals surface area (Å²) in [7, 11) is 1.50. The Bertz CT molecular complexity index is 348. The fourth-order valence-corrected chi connectivity index (χ4v) is 1.44. The molecule has 0 bridgehead atoms. The van der Waals surface area contributed by atoms with Gasteiger partial charge in [-0.25, -0.2) is 4.79 Å². The van der Waals surface area contributed by atoms with Gasteiger partial charge in [-0.05, 0) is 27.7 Å². The van der Waals surface area contributed by atoms with Crippen molar-refractivity contribution in [1.82, 2.24) is 4.90 Å². The van der Waals surface area contributed by atoms with E-state index in [1.54, 1.807) is 27.7 Å². The van der Waals surface area contributed by atoms with Gasteiger partial charge in [0.2, 0.25) is 0 Å². The van der Waals surface area contributed by atoms with Crippen molar-refractivity contribution in [1.29, 1.82) is 0 Å². The van der Waals surface area contributed by atoms with E-state index in [0.29, 0.717) is 0 Å². The number of carbonyl (C=O) groups excluding carboxylic acids is 2. The third-order valence-corrected chi connectivity index (χ3v) is 2.42. The van der Waals surface area contributed by atoms with Crippen LogP contribution in [0, 0.1) is 5.92 Å². The molecule has 0 rings (SSSR count). The highest BCUT2D eigenvalue weighted by molar-refractivity contribution is 5.75. The molecular formula is C14H25NO5. The van der Waals surface area contributed by atoms with Crippen molar-refractivity contribution >= 4 is 12.1 Å². The number of amides is 1. The van der Waals surface area contributed by atoms with E-state index in [0.717, 1.165) is 0 Å². The lowest BCUT2D eigenvalue weighted by molar-refractivity contribution is -0.151. The highest BCUT2D eigenvalue weighted by Crippen LogP contribution is 2.13. The van der Waals surface area contributed by atoms with Crippen LogP contribution in [0.4, 0.5) is 4.79 Å². The average molecular weight is 287 g/mol. The molecule has 0 aromatic heterocycles. The molecule has 6 nitrogen and oxygen atoms in total. The molecule has 6 heteroatoms. The molecule has 0 fully saturated rings. The van der Waals surface area contributed by atoms with Crippen LogP contribution in [0.15, 0.2) is 12.7 Å². The van der Waals surface area contributed by atoms with Gasteiger partial charge in [0.15, 0.2) is 0 Å². The molecule has 2 atom stereocenters. The van der Waals surface area contributed by atoms with Gasteiger partial charge in [-0.2, -0.15) is 0 Å². The Morgan fingerprint density at radius 1 is 1.40 bits per heavy atom. The van der Waals surface area contributed by atoms with Crippen LogP contribution in [0.5, 0.6) is 0 Å². The maximum Gasteiger partial charge on any atom is 0.410 e. The quantitative estimate of drug-likeness (QED) is 0.593. The van der Waals surface area contributed by atoms with E-state index in [2.05, 4.69) is 6.58 Å². The maximum atomic E-state index is 11.8. The van der Waals surface area contributed by atoms with Crippen LogP contribution in [-0.2, 0) is 14.3 Å². The first kappa shape index (κ1) is 18.4. The number of rotatable bonds is 6. The molecule has 0 aliphatic rings. The largest absolute Gasteiger partial charge is 0.466 e. The number of aliphatic hydroxyl groups excluding tert-OH is 1. The van der Waals surface area contributed by atoms with Crippen LogP contribution in [0.1, 0.15) is 27.7 Å². The minimum absolute atomic E-state index is 0.0130. The van der Waals surface area contributed by atoms with Crippen LogP contribution >= 0.6 is 0 Å². The molecule has 0 aromatic carbocycles. The molecular weight excluding hydrogens is 262 g/mol. The molecule has 0 aromatic rings. The lowest BCUT2D eigenvalue weighted by Gasteiger charge is -2.28. The lowest BCUT2D eigenvalue weighted by Crippen LogP contribution is -2.42. The number of ether oxygens (including phenoxy) is 2. The van der Waals surface area contributed by atoms with E-state index in [4.69, 9.17) is 9.47 Å². The van der Waals surface area contributed by atoms with Crippen LogP contribution in [-0.4, -0.2) is 54.0 Å². The molecule has 0 saturated heterocycles. The van der Waals surface area contributed by atoms with Crippen molar-refractivity contribution in [3.8, 4) is 0 Å². The molecule has 1 amide bonds. The number of esters is 1. The van der Waals surface area contributed by atoms with Gasteiger partial charge in [0.1, 0.15) is 11.5 Å². The van der Waals surface area contributed by atoms with E-state index >= 15 is 0 Å². The molecule has 2 unspecified atom stereocenters. The first-order chi connectivity index (χ1) is 9.12. The van der Waals surface area contributed by atoms with Gasteiger partial charge < -0.3 is 19.5 Å². The van der Waals surface area contributed by atoms with Crippen molar-refractivity contribution in [2.24, 2.45) is 5.92 Å².